The van der Waals surface area contributed by atoms with Crippen molar-refractivity contribution in [1.29, 1.82) is 0 Å². The largest absolute Gasteiger partial charge is 0.377 e. The molecule has 0 fully saturated rings. The predicted molar refractivity (Wildman–Crippen MR) is 125 cm³/mol. The Kier molecular flexibility index (Phi) is 8.45. The van der Waals surface area contributed by atoms with Crippen molar-refractivity contribution in [2.75, 3.05) is 36.7 Å². The van der Waals surface area contributed by atoms with Crippen LogP contribution in [0.5, 0.6) is 0 Å². The Balaban J connectivity index is 2.35. The Bertz CT molecular complexity index is 914. The van der Waals surface area contributed by atoms with E-state index in [-0.39, 0.29) is 23.5 Å². The molecule has 168 valence electrons. The second kappa shape index (κ2) is 10.6. The van der Waals surface area contributed by atoms with Gasteiger partial charge < -0.3 is 15.1 Å². The van der Waals surface area contributed by atoms with E-state index in [0.717, 1.165) is 17.7 Å². The van der Waals surface area contributed by atoms with Crippen LogP contribution in [-0.2, 0) is 11.3 Å². The number of hydrogen-bond acceptors (Lipinski definition) is 3. The monoisotopic (exact) mass is 447 g/mol. The number of hydrogen-bond donors (Lipinski definition) is 1. The molecule has 0 radical (unpaired) electrons. The summed E-state index contributed by atoms with van der Waals surface area (Å²) in [7, 11) is 3.86. The molecule has 0 atom stereocenters. The Morgan fingerprint density at radius 2 is 1.74 bits per heavy atom. The van der Waals surface area contributed by atoms with E-state index in [1.807, 2.05) is 44.1 Å². The van der Waals surface area contributed by atoms with E-state index in [0.29, 0.717) is 24.3 Å². The number of carbonyl (C=O) groups is 2. The van der Waals surface area contributed by atoms with Crippen LogP contribution < -0.4 is 10.2 Å². The first-order chi connectivity index (χ1) is 14.6. The second-order valence-electron chi connectivity index (χ2n) is 8.44. The molecule has 31 heavy (non-hydrogen) atoms. The third-order valence-corrected chi connectivity index (χ3v) is 5.67. The predicted octanol–water partition coefficient (Wildman–Crippen LogP) is 5.15. The normalized spacial score (nSPS) is 11.2. The minimum Gasteiger partial charge on any atom is -0.377 e. The van der Waals surface area contributed by atoms with Crippen molar-refractivity contribution >= 4 is 34.8 Å². The molecule has 0 bridgehead atoms. The fraction of sp³-hybridized carbons (Fsp3) is 0.417. The van der Waals surface area contributed by atoms with Gasteiger partial charge in [-0.25, -0.2) is 4.39 Å². The molecule has 5 nitrogen and oxygen atoms in total. The fourth-order valence-corrected chi connectivity index (χ4v) is 3.21. The third kappa shape index (κ3) is 6.44. The molecule has 2 aromatic rings. The Hall–Kier alpha value is -2.60. The zero-order chi connectivity index (χ0) is 23.2. The number of benzene rings is 2. The van der Waals surface area contributed by atoms with Crippen molar-refractivity contribution in [3.8, 4) is 0 Å². The highest BCUT2D eigenvalue weighted by Gasteiger charge is 2.27. The molecule has 0 aliphatic rings. The average molecular weight is 448 g/mol. The van der Waals surface area contributed by atoms with Gasteiger partial charge in [0.2, 0.25) is 5.91 Å². The summed E-state index contributed by atoms with van der Waals surface area (Å²) in [5.41, 5.74) is 2.23. The summed E-state index contributed by atoms with van der Waals surface area (Å²) < 4.78 is 13.3. The van der Waals surface area contributed by atoms with Crippen LogP contribution in [0.2, 0.25) is 0 Å². The van der Waals surface area contributed by atoms with Crippen LogP contribution >= 0.6 is 11.6 Å². The lowest BCUT2D eigenvalue weighted by atomic mass is 9.95. The van der Waals surface area contributed by atoms with Crippen LogP contribution in [0.1, 0.15) is 43.1 Å². The number of nitrogens with one attached hydrogen (secondary N) is 1. The van der Waals surface area contributed by atoms with Crippen molar-refractivity contribution in [2.24, 2.45) is 5.41 Å². The van der Waals surface area contributed by atoms with E-state index in [2.05, 4.69) is 5.32 Å². The number of alkyl halides is 1. The van der Waals surface area contributed by atoms with E-state index in [9.17, 15) is 14.0 Å². The highest BCUT2D eigenvalue weighted by atomic mass is 35.5. The summed E-state index contributed by atoms with van der Waals surface area (Å²) in [5, 5.41) is 2.93. The van der Waals surface area contributed by atoms with Crippen LogP contribution in [0.3, 0.4) is 0 Å². The molecular weight excluding hydrogens is 417 g/mol. The summed E-state index contributed by atoms with van der Waals surface area (Å²) in [5.74, 6) is -0.502. The first-order valence-corrected chi connectivity index (χ1v) is 10.8. The molecule has 0 aliphatic heterocycles. The molecule has 0 saturated carbocycles. The number of anilines is 2. The van der Waals surface area contributed by atoms with Gasteiger partial charge in [0.05, 0.1) is 5.41 Å². The van der Waals surface area contributed by atoms with Crippen LogP contribution in [-0.4, -0.2) is 43.2 Å². The smallest absolute Gasteiger partial charge is 0.254 e. The van der Waals surface area contributed by atoms with Crippen molar-refractivity contribution in [1.82, 2.24) is 4.90 Å². The van der Waals surface area contributed by atoms with E-state index in [1.165, 1.54) is 24.3 Å². The average Bonchev–Trinajstić information content (AvgIpc) is 2.73. The van der Waals surface area contributed by atoms with E-state index < -0.39 is 5.41 Å². The quantitative estimate of drug-likeness (QED) is 0.541. The molecule has 0 spiro atoms. The molecule has 1 N–H and O–H groups in total. The summed E-state index contributed by atoms with van der Waals surface area (Å²) in [4.78, 5) is 29.3. The molecule has 0 aliphatic carbocycles. The van der Waals surface area contributed by atoms with Gasteiger partial charge in [-0.05, 0) is 68.3 Å². The van der Waals surface area contributed by atoms with Gasteiger partial charge in [-0.1, -0.05) is 6.92 Å². The molecule has 2 aromatic carbocycles. The summed E-state index contributed by atoms with van der Waals surface area (Å²) in [6, 6.07) is 11.2. The summed E-state index contributed by atoms with van der Waals surface area (Å²) in [6.45, 7) is 6.49. The number of rotatable bonds is 9. The first-order valence-electron chi connectivity index (χ1n) is 10.3. The van der Waals surface area contributed by atoms with Crippen LogP contribution in [0.4, 0.5) is 15.8 Å². The minimum atomic E-state index is -0.700. The molecule has 0 heterocycles. The molecule has 2 rings (SSSR count). The van der Waals surface area contributed by atoms with E-state index in [4.69, 9.17) is 11.6 Å². The van der Waals surface area contributed by atoms with E-state index in [1.54, 1.807) is 18.7 Å². The minimum absolute atomic E-state index is 0.163. The molecule has 0 saturated heterocycles. The van der Waals surface area contributed by atoms with Crippen molar-refractivity contribution < 1.29 is 14.0 Å². The maximum Gasteiger partial charge on any atom is 0.254 e. The fourth-order valence-electron chi connectivity index (χ4n) is 3.09. The van der Waals surface area contributed by atoms with Crippen LogP contribution in [0.15, 0.2) is 42.5 Å². The maximum atomic E-state index is 13.3. The molecular formula is C24H31ClFN3O2. The van der Waals surface area contributed by atoms with E-state index >= 15 is 0 Å². The second-order valence-corrected chi connectivity index (χ2v) is 8.71. The number of amides is 2. The van der Waals surface area contributed by atoms with Crippen LogP contribution in [0.25, 0.3) is 0 Å². The molecule has 7 heteroatoms. The molecule has 0 unspecified atom stereocenters. The number of nitrogens with zero attached hydrogens (tertiary/aromatic N) is 2. The van der Waals surface area contributed by atoms with Gasteiger partial charge in [0.1, 0.15) is 5.82 Å². The lowest BCUT2D eigenvalue weighted by Gasteiger charge is -2.27. The van der Waals surface area contributed by atoms with Gasteiger partial charge >= 0.3 is 0 Å². The lowest BCUT2D eigenvalue weighted by Crippen LogP contribution is -2.33. The van der Waals surface area contributed by atoms with Gasteiger partial charge in [-0.3, -0.25) is 9.59 Å². The van der Waals surface area contributed by atoms with Crippen LogP contribution in [0, 0.1) is 11.2 Å². The van der Waals surface area contributed by atoms with Gasteiger partial charge in [-0.2, -0.15) is 0 Å². The Morgan fingerprint density at radius 3 is 2.29 bits per heavy atom. The highest BCUT2D eigenvalue weighted by molar-refractivity contribution is 6.20. The topological polar surface area (TPSA) is 52.7 Å². The zero-order valence-corrected chi connectivity index (χ0v) is 19.6. The van der Waals surface area contributed by atoms with Gasteiger partial charge in [0.25, 0.3) is 5.91 Å². The molecule has 2 amide bonds. The van der Waals surface area contributed by atoms with Crippen molar-refractivity contribution in [3.63, 3.8) is 0 Å². The lowest BCUT2D eigenvalue weighted by molar-refractivity contribution is -0.122. The first kappa shape index (κ1) is 24.7. The number of carbonyl (C=O) groups excluding carboxylic acids is 2. The standard InChI is InChI=1S/C24H31ClFN3O2/c1-6-13-29(22(30)17-7-9-19(26)10-8-17)15-18-14-20(11-12-21(18)28(4)5)27-23(31)24(2,3)16-25/h7-12,14H,6,13,15-16H2,1-5H3,(H,27,31). The molecule has 0 aromatic heterocycles. The SMILES string of the molecule is CCCN(Cc1cc(NC(=O)C(C)(C)CCl)ccc1N(C)C)C(=O)c1ccc(F)cc1. The summed E-state index contributed by atoms with van der Waals surface area (Å²) in [6.07, 6.45) is 0.782. The summed E-state index contributed by atoms with van der Waals surface area (Å²) >= 11 is 5.92. The Labute approximate surface area is 189 Å². The Morgan fingerprint density at radius 1 is 1.10 bits per heavy atom. The zero-order valence-electron chi connectivity index (χ0n) is 18.8. The number of halogens is 2. The van der Waals surface area contributed by atoms with Gasteiger partial charge in [-0.15, -0.1) is 11.6 Å². The highest BCUT2D eigenvalue weighted by Crippen LogP contribution is 2.27. The van der Waals surface area contributed by atoms with Crippen molar-refractivity contribution in [2.45, 2.75) is 33.7 Å². The van der Waals surface area contributed by atoms with Gasteiger partial charge in [0.15, 0.2) is 0 Å². The van der Waals surface area contributed by atoms with Gasteiger partial charge in [0, 0.05) is 50.0 Å². The third-order valence-electron chi connectivity index (χ3n) is 5.00. The maximum absolute atomic E-state index is 13.3. The van der Waals surface area contributed by atoms with Crippen molar-refractivity contribution in [3.05, 3.63) is 59.4 Å².